The summed E-state index contributed by atoms with van der Waals surface area (Å²) in [6.45, 7) is 4.30. The van der Waals surface area contributed by atoms with Gasteiger partial charge in [0.2, 0.25) is 0 Å². The van der Waals surface area contributed by atoms with Gasteiger partial charge in [-0.2, -0.15) is 0 Å². The summed E-state index contributed by atoms with van der Waals surface area (Å²) >= 11 is 0. The molecule has 0 saturated carbocycles. The number of hydrogen-bond acceptors (Lipinski definition) is 1. The molecule has 0 radical (unpaired) electrons. The van der Waals surface area contributed by atoms with E-state index in [1.807, 2.05) is 0 Å². The third kappa shape index (κ3) is 2.55. The molecule has 0 saturated heterocycles. The Labute approximate surface area is 93.7 Å². The minimum absolute atomic E-state index is 0.210. The van der Waals surface area contributed by atoms with Crippen LogP contribution in [0.2, 0.25) is 0 Å². The van der Waals surface area contributed by atoms with Crippen LogP contribution in [0.4, 0.5) is 13.2 Å². The summed E-state index contributed by atoms with van der Waals surface area (Å²) in [5, 5.41) is 2.95. The van der Waals surface area contributed by atoms with Crippen molar-refractivity contribution in [3.05, 3.63) is 35.1 Å². The topological polar surface area (TPSA) is 12.0 Å². The van der Waals surface area contributed by atoms with Crippen molar-refractivity contribution in [2.45, 2.75) is 25.7 Å². The normalized spacial score (nSPS) is 11.9. The SMILES string of the molecule is CNCCC(C)(C)c1ccc(F)c(F)c1F. The molecule has 1 aromatic carbocycles. The lowest BCUT2D eigenvalue weighted by atomic mass is 9.81. The molecule has 0 bridgehead atoms. The number of benzene rings is 1. The highest BCUT2D eigenvalue weighted by molar-refractivity contribution is 5.27. The molecule has 0 spiro atoms. The van der Waals surface area contributed by atoms with Crippen LogP contribution in [0.3, 0.4) is 0 Å². The number of halogens is 3. The van der Waals surface area contributed by atoms with Gasteiger partial charge in [0, 0.05) is 0 Å². The second kappa shape index (κ2) is 4.87. The first-order chi connectivity index (χ1) is 7.40. The van der Waals surface area contributed by atoms with Crippen LogP contribution in [0.15, 0.2) is 12.1 Å². The highest BCUT2D eigenvalue weighted by Crippen LogP contribution is 2.30. The first-order valence-electron chi connectivity index (χ1n) is 5.18. The van der Waals surface area contributed by atoms with Crippen LogP contribution in [0.5, 0.6) is 0 Å². The van der Waals surface area contributed by atoms with Crippen molar-refractivity contribution in [3.8, 4) is 0 Å². The molecule has 1 rings (SSSR count). The van der Waals surface area contributed by atoms with Crippen LogP contribution in [0.25, 0.3) is 0 Å². The summed E-state index contributed by atoms with van der Waals surface area (Å²) < 4.78 is 39.4. The summed E-state index contributed by atoms with van der Waals surface area (Å²) in [6, 6.07) is 2.28. The Balaban J connectivity index is 3.08. The first kappa shape index (κ1) is 13.0. The standard InChI is InChI=1S/C12H16F3N/c1-12(2,6-7-16-3)8-4-5-9(13)11(15)10(8)14/h4-5,16H,6-7H2,1-3H3. The van der Waals surface area contributed by atoms with Crippen LogP contribution >= 0.6 is 0 Å². The maximum Gasteiger partial charge on any atom is 0.194 e. The molecule has 0 unspecified atom stereocenters. The van der Waals surface area contributed by atoms with Gasteiger partial charge in [0.25, 0.3) is 0 Å². The molecule has 1 aromatic rings. The Morgan fingerprint density at radius 1 is 1.12 bits per heavy atom. The quantitative estimate of drug-likeness (QED) is 0.785. The summed E-state index contributed by atoms with van der Waals surface area (Å²) in [7, 11) is 1.79. The second-order valence-corrected chi connectivity index (χ2v) is 4.46. The van der Waals surface area contributed by atoms with Crippen molar-refractivity contribution < 1.29 is 13.2 Å². The molecule has 4 heteroatoms. The Kier molecular flexibility index (Phi) is 3.97. The molecular weight excluding hydrogens is 215 g/mol. The fourth-order valence-corrected chi connectivity index (χ4v) is 1.62. The fraction of sp³-hybridized carbons (Fsp3) is 0.500. The van der Waals surface area contributed by atoms with E-state index in [4.69, 9.17) is 0 Å². The minimum atomic E-state index is -1.39. The molecule has 0 heterocycles. The van der Waals surface area contributed by atoms with E-state index in [0.29, 0.717) is 13.0 Å². The number of rotatable bonds is 4. The van der Waals surface area contributed by atoms with E-state index in [-0.39, 0.29) is 5.56 Å². The van der Waals surface area contributed by atoms with E-state index >= 15 is 0 Å². The van der Waals surface area contributed by atoms with Crippen molar-refractivity contribution in [1.82, 2.24) is 5.32 Å². The van der Waals surface area contributed by atoms with Crippen molar-refractivity contribution in [2.24, 2.45) is 0 Å². The predicted octanol–water partition coefficient (Wildman–Crippen LogP) is 2.99. The van der Waals surface area contributed by atoms with Gasteiger partial charge in [-0.25, -0.2) is 13.2 Å². The van der Waals surface area contributed by atoms with E-state index in [0.717, 1.165) is 6.07 Å². The lowest BCUT2D eigenvalue weighted by Gasteiger charge is -2.25. The molecule has 0 aliphatic heterocycles. The van der Waals surface area contributed by atoms with Crippen molar-refractivity contribution in [1.29, 1.82) is 0 Å². The summed E-state index contributed by atoms with van der Waals surface area (Å²) in [5.74, 6) is -3.62. The molecule has 90 valence electrons. The van der Waals surface area contributed by atoms with Crippen LogP contribution < -0.4 is 5.32 Å². The molecule has 1 N–H and O–H groups in total. The van der Waals surface area contributed by atoms with Gasteiger partial charge in [0.1, 0.15) is 0 Å². The molecular formula is C12H16F3N. The van der Waals surface area contributed by atoms with E-state index in [9.17, 15) is 13.2 Å². The van der Waals surface area contributed by atoms with Gasteiger partial charge in [0.15, 0.2) is 17.5 Å². The van der Waals surface area contributed by atoms with Crippen LogP contribution in [0, 0.1) is 17.5 Å². The van der Waals surface area contributed by atoms with Gasteiger partial charge in [0.05, 0.1) is 0 Å². The largest absolute Gasteiger partial charge is 0.320 e. The maximum atomic E-state index is 13.5. The van der Waals surface area contributed by atoms with E-state index in [1.165, 1.54) is 6.07 Å². The molecule has 0 amide bonds. The third-order valence-electron chi connectivity index (χ3n) is 2.76. The summed E-state index contributed by atoms with van der Waals surface area (Å²) in [4.78, 5) is 0. The van der Waals surface area contributed by atoms with Crippen LogP contribution in [-0.4, -0.2) is 13.6 Å². The van der Waals surface area contributed by atoms with E-state index in [2.05, 4.69) is 5.32 Å². The highest BCUT2D eigenvalue weighted by Gasteiger charge is 2.26. The van der Waals surface area contributed by atoms with Gasteiger partial charge in [-0.1, -0.05) is 19.9 Å². The first-order valence-corrected chi connectivity index (χ1v) is 5.18. The molecule has 0 atom stereocenters. The summed E-state index contributed by atoms with van der Waals surface area (Å²) in [5.41, 5.74) is -0.316. The molecule has 0 aromatic heterocycles. The maximum absolute atomic E-state index is 13.5. The summed E-state index contributed by atoms with van der Waals surface area (Å²) in [6.07, 6.45) is 0.644. The highest BCUT2D eigenvalue weighted by atomic mass is 19.2. The number of hydrogen-bond donors (Lipinski definition) is 1. The third-order valence-corrected chi connectivity index (χ3v) is 2.76. The second-order valence-electron chi connectivity index (χ2n) is 4.46. The van der Waals surface area contributed by atoms with Crippen molar-refractivity contribution >= 4 is 0 Å². The Morgan fingerprint density at radius 2 is 1.75 bits per heavy atom. The fourth-order valence-electron chi connectivity index (χ4n) is 1.62. The average Bonchev–Trinajstić information content (AvgIpc) is 2.23. The smallest absolute Gasteiger partial charge is 0.194 e. The minimum Gasteiger partial charge on any atom is -0.320 e. The van der Waals surface area contributed by atoms with Gasteiger partial charge in [-0.15, -0.1) is 0 Å². The lowest BCUT2D eigenvalue weighted by molar-refractivity contribution is 0.400. The molecule has 0 aliphatic rings. The zero-order valence-electron chi connectivity index (χ0n) is 9.70. The molecule has 0 aliphatic carbocycles. The Morgan fingerprint density at radius 3 is 2.31 bits per heavy atom. The van der Waals surface area contributed by atoms with Gasteiger partial charge >= 0.3 is 0 Å². The Bertz CT molecular complexity index is 375. The molecule has 16 heavy (non-hydrogen) atoms. The zero-order chi connectivity index (χ0) is 12.3. The zero-order valence-corrected chi connectivity index (χ0v) is 9.70. The monoisotopic (exact) mass is 231 g/mol. The predicted molar refractivity (Wildman–Crippen MR) is 57.9 cm³/mol. The Hall–Kier alpha value is -1.03. The van der Waals surface area contributed by atoms with Crippen molar-refractivity contribution in [2.75, 3.05) is 13.6 Å². The number of nitrogens with one attached hydrogen (secondary N) is 1. The molecule has 1 nitrogen and oxygen atoms in total. The van der Waals surface area contributed by atoms with Crippen LogP contribution in [-0.2, 0) is 5.41 Å². The van der Waals surface area contributed by atoms with Gasteiger partial charge < -0.3 is 5.32 Å². The van der Waals surface area contributed by atoms with E-state index in [1.54, 1.807) is 20.9 Å². The van der Waals surface area contributed by atoms with Crippen molar-refractivity contribution in [3.63, 3.8) is 0 Å². The van der Waals surface area contributed by atoms with E-state index < -0.39 is 22.9 Å². The lowest BCUT2D eigenvalue weighted by Crippen LogP contribution is -2.25. The van der Waals surface area contributed by atoms with Crippen LogP contribution in [0.1, 0.15) is 25.8 Å². The van der Waals surface area contributed by atoms with Gasteiger partial charge in [-0.3, -0.25) is 0 Å². The molecule has 0 fully saturated rings. The average molecular weight is 231 g/mol. The van der Waals surface area contributed by atoms with Gasteiger partial charge in [-0.05, 0) is 37.1 Å².